The molecule has 2 aromatic carbocycles. The monoisotopic (exact) mass is 299 g/mol. The van der Waals surface area contributed by atoms with Crippen molar-refractivity contribution in [3.8, 4) is 5.75 Å². The highest BCUT2D eigenvalue weighted by molar-refractivity contribution is 6.01. The van der Waals surface area contributed by atoms with Gasteiger partial charge in [-0.25, -0.2) is 4.79 Å². The summed E-state index contributed by atoms with van der Waals surface area (Å²) in [7, 11) is 0. The molecule has 1 atom stereocenters. The fraction of sp³-hybridized carbons (Fsp3) is 0.176. The van der Waals surface area contributed by atoms with Crippen LogP contribution in [0.1, 0.15) is 22.8 Å². The molecule has 22 heavy (non-hydrogen) atoms. The lowest BCUT2D eigenvalue weighted by molar-refractivity contribution is -0.122. The van der Waals surface area contributed by atoms with Crippen LogP contribution in [0, 0.1) is 6.92 Å². The molecule has 2 aromatic rings. The Labute approximate surface area is 128 Å². The molecule has 0 radical (unpaired) electrons. The average Bonchev–Trinajstić information content (AvgIpc) is 2.49. The van der Waals surface area contributed by atoms with Crippen molar-refractivity contribution >= 4 is 17.6 Å². The lowest BCUT2D eigenvalue weighted by atomic mass is 10.1. The van der Waals surface area contributed by atoms with E-state index in [0.717, 1.165) is 5.56 Å². The number of aromatic carboxylic acids is 1. The standard InChI is InChI=1S/C17H17NO4/c1-11-8-9-15(14(10-11)17(20)21)18-16(19)12(2)22-13-6-4-3-5-7-13/h3-10,12H,1-2H3,(H,18,19)(H,20,21)/t12-/m1/s1. The summed E-state index contributed by atoms with van der Waals surface area (Å²) in [6.45, 7) is 3.40. The van der Waals surface area contributed by atoms with E-state index in [2.05, 4.69) is 5.32 Å². The van der Waals surface area contributed by atoms with Crippen molar-refractivity contribution in [2.24, 2.45) is 0 Å². The molecule has 1 amide bonds. The lowest BCUT2D eigenvalue weighted by Crippen LogP contribution is -2.30. The number of para-hydroxylation sites is 1. The zero-order valence-corrected chi connectivity index (χ0v) is 12.4. The normalized spacial score (nSPS) is 11.5. The van der Waals surface area contributed by atoms with Crippen LogP contribution in [0.5, 0.6) is 5.75 Å². The van der Waals surface area contributed by atoms with E-state index >= 15 is 0 Å². The highest BCUT2D eigenvalue weighted by Crippen LogP contribution is 2.18. The first-order chi connectivity index (χ1) is 10.5. The number of rotatable bonds is 5. The summed E-state index contributed by atoms with van der Waals surface area (Å²) in [5.41, 5.74) is 1.12. The van der Waals surface area contributed by atoms with Crippen LogP contribution in [0.4, 0.5) is 5.69 Å². The van der Waals surface area contributed by atoms with Crippen LogP contribution in [-0.4, -0.2) is 23.1 Å². The maximum Gasteiger partial charge on any atom is 0.337 e. The van der Waals surface area contributed by atoms with Crippen molar-refractivity contribution in [3.05, 3.63) is 59.7 Å². The molecule has 0 fully saturated rings. The second-order valence-electron chi connectivity index (χ2n) is 4.92. The first kappa shape index (κ1) is 15.6. The highest BCUT2D eigenvalue weighted by Gasteiger charge is 2.18. The zero-order chi connectivity index (χ0) is 16.1. The van der Waals surface area contributed by atoms with Crippen molar-refractivity contribution in [2.75, 3.05) is 5.32 Å². The number of aryl methyl sites for hydroxylation is 1. The van der Waals surface area contributed by atoms with Crippen molar-refractivity contribution in [3.63, 3.8) is 0 Å². The lowest BCUT2D eigenvalue weighted by Gasteiger charge is -2.16. The van der Waals surface area contributed by atoms with E-state index in [4.69, 9.17) is 4.74 Å². The van der Waals surface area contributed by atoms with Crippen LogP contribution < -0.4 is 10.1 Å². The Kier molecular flexibility index (Phi) is 4.78. The molecular formula is C17H17NO4. The summed E-state index contributed by atoms with van der Waals surface area (Å²) >= 11 is 0. The Morgan fingerprint density at radius 3 is 2.45 bits per heavy atom. The number of benzene rings is 2. The number of carboxylic acid groups (broad SMARTS) is 1. The van der Waals surface area contributed by atoms with Crippen molar-refractivity contribution in [2.45, 2.75) is 20.0 Å². The molecule has 0 saturated heterocycles. The summed E-state index contributed by atoms with van der Waals surface area (Å²) < 4.78 is 5.51. The molecule has 0 aliphatic carbocycles. The molecule has 0 unspecified atom stereocenters. The maximum atomic E-state index is 12.1. The minimum Gasteiger partial charge on any atom is -0.481 e. The average molecular weight is 299 g/mol. The number of nitrogens with one attached hydrogen (secondary N) is 1. The van der Waals surface area contributed by atoms with Gasteiger partial charge in [-0.2, -0.15) is 0 Å². The molecule has 0 aliphatic rings. The van der Waals surface area contributed by atoms with Gasteiger partial charge in [0.05, 0.1) is 11.3 Å². The molecule has 0 heterocycles. The van der Waals surface area contributed by atoms with Crippen LogP contribution in [0.15, 0.2) is 48.5 Å². The van der Waals surface area contributed by atoms with Gasteiger partial charge in [-0.15, -0.1) is 0 Å². The second kappa shape index (κ2) is 6.76. The quantitative estimate of drug-likeness (QED) is 0.889. The summed E-state index contributed by atoms with van der Waals surface area (Å²) in [5, 5.41) is 11.8. The molecule has 0 saturated carbocycles. The van der Waals surface area contributed by atoms with Gasteiger partial charge in [-0.1, -0.05) is 29.8 Å². The van der Waals surface area contributed by atoms with Crippen LogP contribution in [0.2, 0.25) is 0 Å². The number of ether oxygens (including phenoxy) is 1. The molecular weight excluding hydrogens is 282 g/mol. The number of carbonyl (C=O) groups excluding carboxylic acids is 1. The number of anilines is 1. The summed E-state index contributed by atoms with van der Waals surface area (Å²) in [4.78, 5) is 23.4. The molecule has 0 aromatic heterocycles. The summed E-state index contributed by atoms with van der Waals surface area (Å²) in [6, 6.07) is 13.8. The van der Waals surface area contributed by atoms with Crippen LogP contribution in [0.25, 0.3) is 0 Å². The van der Waals surface area contributed by atoms with E-state index in [9.17, 15) is 14.7 Å². The Bertz CT molecular complexity index is 682. The largest absolute Gasteiger partial charge is 0.481 e. The number of hydrogen-bond acceptors (Lipinski definition) is 3. The Morgan fingerprint density at radius 1 is 1.14 bits per heavy atom. The summed E-state index contributed by atoms with van der Waals surface area (Å²) in [5.74, 6) is -0.918. The smallest absolute Gasteiger partial charge is 0.337 e. The maximum absolute atomic E-state index is 12.1. The third-order valence-electron chi connectivity index (χ3n) is 3.09. The van der Waals surface area contributed by atoms with E-state index in [1.165, 1.54) is 6.07 Å². The van der Waals surface area contributed by atoms with Gasteiger partial charge in [0.2, 0.25) is 0 Å². The molecule has 2 rings (SSSR count). The molecule has 114 valence electrons. The van der Waals surface area contributed by atoms with Crippen LogP contribution >= 0.6 is 0 Å². The number of hydrogen-bond donors (Lipinski definition) is 2. The SMILES string of the molecule is Cc1ccc(NC(=O)[C@@H](C)Oc2ccccc2)c(C(=O)O)c1. The fourth-order valence-corrected chi connectivity index (χ4v) is 1.94. The first-order valence-corrected chi connectivity index (χ1v) is 6.84. The zero-order valence-electron chi connectivity index (χ0n) is 12.4. The van der Waals surface area contributed by atoms with Crippen molar-refractivity contribution in [1.29, 1.82) is 0 Å². The van der Waals surface area contributed by atoms with Crippen molar-refractivity contribution in [1.82, 2.24) is 0 Å². The molecule has 0 aliphatic heterocycles. The molecule has 0 spiro atoms. The molecule has 0 bridgehead atoms. The Morgan fingerprint density at radius 2 is 1.82 bits per heavy atom. The van der Waals surface area contributed by atoms with Gasteiger partial charge in [-0.3, -0.25) is 4.79 Å². The Balaban J connectivity index is 2.10. The van der Waals surface area contributed by atoms with Gasteiger partial charge in [0.25, 0.3) is 5.91 Å². The van der Waals surface area contributed by atoms with Gasteiger partial charge in [-0.05, 0) is 38.1 Å². The first-order valence-electron chi connectivity index (χ1n) is 6.84. The third-order valence-corrected chi connectivity index (χ3v) is 3.09. The van der Waals surface area contributed by atoms with Gasteiger partial charge in [0, 0.05) is 0 Å². The fourth-order valence-electron chi connectivity index (χ4n) is 1.94. The molecule has 2 N–H and O–H groups in total. The van der Waals surface area contributed by atoms with E-state index in [1.54, 1.807) is 38.1 Å². The van der Waals surface area contributed by atoms with Gasteiger partial charge in [0.15, 0.2) is 6.10 Å². The summed E-state index contributed by atoms with van der Waals surface area (Å²) in [6.07, 6.45) is -0.745. The van der Waals surface area contributed by atoms with E-state index in [-0.39, 0.29) is 11.3 Å². The van der Waals surface area contributed by atoms with Gasteiger partial charge < -0.3 is 15.2 Å². The highest BCUT2D eigenvalue weighted by atomic mass is 16.5. The predicted molar refractivity (Wildman–Crippen MR) is 83.3 cm³/mol. The van der Waals surface area contributed by atoms with E-state index in [0.29, 0.717) is 5.75 Å². The van der Waals surface area contributed by atoms with Crippen molar-refractivity contribution < 1.29 is 19.4 Å². The minimum absolute atomic E-state index is 0.0558. The van der Waals surface area contributed by atoms with Crippen LogP contribution in [0.3, 0.4) is 0 Å². The van der Waals surface area contributed by atoms with Crippen LogP contribution in [-0.2, 0) is 4.79 Å². The topological polar surface area (TPSA) is 75.6 Å². The third kappa shape index (κ3) is 3.85. The number of amides is 1. The second-order valence-corrected chi connectivity index (χ2v) is 4.92. The predicted octanol–water partition coefficient (Wildman–Crippen LogP) is 3.10. The van der Waals surface area contributed by atoms with Gasteiger partial charge >= 0.3 is 5.97 Å². The van der Waals surface area contributed by atoms with Gasteiger partial charge in [0.1, 0.15) is 5.75 Å². The molecule has 5 heteroatoms. The molecule has 5 nitrogen and oxygen atoms in total. The van der Waals surface area contributed by atoms with E-state index < -0.39 is 18.0 Å². The Hall–Kier alpha value is -2.82. The minimum atomic E-state index is -1.09. The number of carbonyl (C=O) groups is 2. The van der Waals surface area contributed by atoms with E-state index in [1.807, 2.05) is 18.2 Å². The number of carboxylic acids is 1.